The number of aromatic nitrogens is 2. The summed E-state index contributed by atoms with van der Waals surface area (Å²) in [4.78, 5) is 0. The molecule has 2 heterocycles. The molecule has 0 saturated carbocycles. The molecule has 0 aliphatic heterocycles. The van der Waals surface area contributed by atoms with Crippen LogP contribution < -0.4 is 5.32 Å². The van der Waals surface area contributed by atoms with E-state index in [2.05, 4.69) is 30.5 Å². The van der Waals surface area contributed by atoms with Gasteiger partial charge in [0.1, 0.15) is 11.5 Å². The Kier molecular flexibility index (Phi) is 4.80. The quantitative estimate of drug-likeness (QED) is 0.777. The number of nitrogens with zero attached hydrogens (tertiary/aromatic N) is 2. The number of hydrogen-bond donors (Lipinski definition) is 1. The summed E-state index contributed by atoms with van der Waals surface area (Å²) in [5, 5.41) is 7.84. The molecule has 0 aliphatic rings. The van der Waals surface area contributed by atoms with Gasteiger partial charge in [0, 0.05) is 12.7 Å². The molecular formula is C15H23N3O. The SMILES string of the molecule is CCCNCc1ccc(-c2cn(CCC)nc2C)o1. The predicted molar refractivity (Wildman–Crippen MR) is 77.0 cm³/mol. The van der Waals surface area contributed by atoms with E-state index in [-0.39, 0.29) is 0 Å². The maximum atomic E-state index is 5.87. The van der Waals surface area contributed by atoms with Crippen molar-refractivity contribution in [2.45, 2.75) is 46.7 Å². The number of hydrogen-bond acceptors (Lipinski definition) is 3. The second-order valence-corrected chi connectivity index (χ2v) is 4.83. The zero-order valence-electron chi connectivity index (χ0n) is 12.1. The third-order valence-corrected chi connectivity index (χ3v) is 3.05. The largest absolute Gasteiger partial charge is 0.460 e. The highest BCUT2D eigenvalue weighted by molar-refractivity contribution is 5.59. The van der Waals surface area contributed by atoms with Gasteiger partial charge in [-0.15, -0.1) is 0 Å². The van der Waals surface area contributed by atoms with Crippen molar-refractivity contribution in [3.05, 3.63) is 29.8 Å². The van der Waals surface area contributed by atoms with Crippen LogP contribution in [0.25, 0.3) is 11.3 Å². The van der Waals surface area contributed by atoms with Crippen molar-refractivity contribution in [3.63, 3.8) is 0 Å². The van der Waals surface area contributed by atoms with Crippen molar-refractivity contribution in [2.75, 3.05) is 6.54 Å². The van der Waals surface area contributed by atoms with Gasteiger partial charge >= 0.3 is 0 Å². The Labute approximate surface area is 114 Å². The summed E-state index contributed by atoms with van der Waals surface area (Å²) in [5.41, 5.74) is 2.12. The summed E-state index contributed by atoms with van der Waals surface area (Å²) in [6.45, 7) is 9.10. The highest BCUT2D eigenvalue weighted by Gasteiger charge is 2.11. The Hall–Kier alpha value is -1.55. The molecule has 0 aromatic carbocycles. The molecule has 0 atom stereocenters. The molecule has 0 aliphatic carbocycles. The standard InChI is InChI=1S/C15H23N3O/c1-4-8-16-10-13-6-7-15(19-13)14-11-18(9-5-2)17-12(14)3/h6-7,11,16H,4-5,8-10H2,1-3H3. The first kappa shape index (κ1) is 13.9. The van der Waals surface area contributed by atoms with Crippen LogP contribution in [-0.4, -0.2) is 16.3 Å². The van der Waals surface area contributed by atoms with Crippen molar-refractivity contribution in [3.8, 4) is 11.3 Å². The number of aryl methyl sites for hydroxylation is 2. The van der Waals surface area contributed by atoms with E-state index in [0.717, 1.165) is 55.3 Å². The van der Waals surface area contributed by atoms with Crippen LogP contribution in [0.5, 0.6) is 0 Å². The average Bonchev–Trinajstić information content (AvgIpc) is 2.97. The fourth-order valence-electron chi connectivity index (χ4n) is 2.11. The molecule has 0 unspecified atom stereocenters. The lowest BCUT2D eigenvalue weighted by atomic mass is 10.2. The van der Waals surface area contributed by atoms with Crippen molar-refractivity contribution >= 4 is 0 Å². The Morgan fingerprint density at radius 2 is 2.11 bits per heavy atom. The summed E-state index contributed by atoms with van der Waals surface area (Å²) in [5.74, 6) is 1.89. The van der Waals surface area contributed by atoms with Gasteiger partial charge in [0.2, 0.25) is 0 Å². The van der Waals surface area contributed by atoms with Crippen molar-refractivity contribution in [1.29, 1.82) is 0 Å². The molecule has 2 rings (SSSR count). The minimum absolute atomic E-state index is 0.788. The molecule has 19 heavy (non-hydrogen) atoms. The molecule has 2 aromatic heterocycles. The van der Waals surface area contributed by atoms with Gasteiger partial charge in [-0.2, -0.15) is 5.10 Å². The van der Waals surface area contributed by atoms with Gasteiger partial charge < -0.3 is 9.73 Å². The fourth-order valence-corrected chi connectivity index (χ4v) is 2.11. The Balaban J connectivity index is 2.09. The van der Waals surface area contributed by atoms with E-state index in [0.29, 0.717) is 0 Å². The van der Waals surface area contributed by atoms with Crippen LogP contribution in [0.15, 0.2) is 22.7 Å². The zero-order chi connectivity index (χ0) is 13.7. The summed E-state index contributed by atoms with van der Waals surface area (Å²) in [6.07, 6.45) is 4.29. The zero-order valence-corrected chi connectivity index (χ0v) is 12.1. The summed E-state index contributed by atoms with van der Waals surface area (Å²) < 4.78 is 7.86. The number of rotatable bonds is 7. The van der Waals surface area contributed by atoms with Crippen LogP contribution in [-0.2, 0) is 13.1 Å². The molecule has 0 fully saturated rings. The minimum atomic E-state index is 0.788. The molecule has 104 valence electrons. The predicted octanol–water partition coefficient (Wildman–Crippen LogP) is 3.36. The van der Waals surface area contributed by atoms with Crippen LogP contribution in [0.3, 0.4) is 0 Å². The molecule has 2 aromatic rings. The molecule has 0 saturated heterocycles. The van der Waals surface area contributed by atoms with E-state index in [1.54, 1.807) is 0 Å². The Morgan fingerprint density at radius 1 is 1.26 bits per heavy atom. The maximum Gasteiger partial charge on any atom is 0.137 e. The van der Waals surface area contributed by atoms with Crippen molar-refractivity contribution < 1.29 is 4.42 Å². The lowest BCUT2D eigenvalue weighted by molar-refractivity contribution is 0.493. The van der Waals surface area contributed by atoms with E-state index < -0.39 is 0 Å². The van der Waals surface area contributed by atoms with Gasteiger partial charge in [0.25, 0.3) is 0 Å². The van der Waals surface area contributed by atoms with Crippen LogP contribution in [0.1, 0.15) is 38.1 Å². The molecule has 4 heteroatoms. The number of nitrogens with one attached hydrogen (secondary N) is 1. The Morgan fingerprint density at radius 3 is 2.84 bits per heavy atom. The van der Waals surface area contributed by atoms with E-state index in [1.165, 1.54) is 0 Å². The second-order valence-electron chi connectivity index (χ2n) is 4.83. The first-order valence-corrected chi connectivity index (χ1v) is 7.08. The lowest BCUT2D eigenvalue weighted by Gasteiger charge is -1.99. The smallest absolute Gasteiger partial charge is 0.137 e. The van der Waals surface area contributed by atoms with Crippen molar-refractivity contribution in [2.24, 2.45) is 0 Å². The lowest BCUT2D eigenvalue weighted by Crippen LogP contribution is -2.12. The van der Waals surface area contributed by atoms with Crippen LogP contribution in [0.4, 0.5) is 0 Å². The van der Waals surface area contributed by atoms with Gasteiger partial charge in [-0.05, 0) is 38.4 Å². The third kappa shape index (κ3) is 3.47. The van der Waals surface area contributed by atoms with Gasteiger partial charge in [-0.1, -0.05) is 13.8 Å². The van der Waals surface area contributed by atoms with E-state index in [4.69, 9.17) is 4.42 Å². The summed E-state index contributed by atoms with van der Waals surface area (Å²) in [7, 11) is 0. The normalized spacial score (nSPS) is 11.1. The molecule has 0 spiro atoms. The topological polar surface area (TPSA) is 43.0 Å². The first-order valence-electron chi connectivity index (χ1n) is 7.08. The Bertz CT molecular complexity index is 513. The molecule has 1 N–H and O–H groups in total. The third-order valence-electron chi connectivity index (χ3n) is 3.05. The highest BCUT2D eigenvalue weighted by Crippen LogP contribution is 2.25. The van der Waals surface area contributed by atoms with E-state index >= 15 is 0 Å². The van der Waals surface area contributed by atoms with Crippen molar-refractivity contribution in [1.82, 2.24) is 15.1 Å². The van der Waals surface area contributed by atoms with Gasteiger partial charge in [0.05, 0.1) is 17.8 Å². The highest BCUT2D eigenvalue weighted by atomic mass is 16.3. The average molecular weight is 261 g/mol. The molecular weight excluding hydrogens is 238 g/mol. The summed E-state index contributed by atoms with van der Waals surface area (Å²) >= 11 is 0. The first-order chi connectivity index (χ1) is 9.24. The van der Waals surface area contributed by atoms with Crippen LogP contribution in [0.2, 0.25) is 0 Å². The minimum Gasteiger partial charge on any atom is -0.460 e. The monoisotopic (exact) mass is 261 g/mol. The van der Waals surface area contributed by atoms with Crippen LogP contribution >= 0.6 is 0 Å². The van der Waals surface area contributed by atoms with Crippen LogP contribution in [0, 0.1) is 6.92 Å². The van der Waals surface area contributed by atoms with Gasteiger partial charge in [0.15, 0.2) is 0 Å². The maximum absolute atomic E-state index is 5.87. The fraction of sp³-hybridized carbons (Fsp3) is 0.533. The van der Waals surface area contributed by atoms with E-state index in [1.807, 2.05) is 23.7 Å². The molecule has 0 amide bonds. The molecule has 4 nitrogen and oxygen atoms in total. The molecule has 0 bridgehead atoms. The van der Waals surface area contributed by atoms with Gasteiger partial charge in [-0.3, -0.25) is 4.68 Å². The van der Waals surface area contributed by atoms with E-state index in [9.17, 15) is 0 Å². The second kappa shape index (κ2) is 6.57. The molecule has 0 radical (unpaired) electrons. The van der Waals surface area contributed by atoms with Gasteiger partial charge in [-0.25, -0.2) is 0 Å². The summed E-state index contributed by atoms with van der Waals surface area (Å²) in [6, 6.07) is 4.07. The number of furan rings is 1.